The molecule has 1 fully saturated rings. The minimum absolute atomic E-state index is 0.334. The molecule has 5 nitrogen and oxygen atoms in total. The van der Waals surface area contributed by atoms with Gasteiger partial charge in [0.2, 0.25) is 0 Å². The van der Waals surface area contributed by atoms with Crippen LogP contribution in [-0.2, 0) is 11.3 Å². The summed E-state index contributed by atoms with van der Waals surface area (Å²) in [5.41, 5.74) is 8.47. The van der Waals surface area contributed by atoms with Gasteiger partial charge in [0.25, 0.3) is 0 Å². The number of anilines is 1. The van der Waals surface area contributed by atoms with Crippen molar-refractivity contribution in [3.8, 4) is 11.1 Å². The Hall–Kier alpha value is -2.31. The summed E-state index contributed by atoms with van der Waals surface area (Å²) < 4.78 is 19.6. The van der Waals surface area contributed by atoms with Crippen molar-refractivity contribution >= 4 is 16.6 Å². The number of hydrazine groups is 1. The van der Waals surface area contributed by atoms with E-state index in [2.05, 4.69) is 20.6 Å². The number of halogens is 1. The number of nitrogens with zero attached hydrogens (tertiary/aromatic N) is 3. The first-order valence-electron chi connectivity index (χ1n) is 8.28. The summed E-state index contributed by atoms with van der Waals surface area (Å²) in [6.07, 6.45) is 3.21. The number of ether oxygens (including phenoxy) is 1. The van der Waals surface area contributed by atoms with Gasteiger partial charge in [-0.05, 0) is 36.6 Å². The first-order valence-corrected chi connectivity index (χ1v) is 8.28. The molecule has 24 heavy (non-hydrogen) atoms. The number of fused-ring (bicyclic) bond motifs is 2. The molecule has 0 radical (unpaired) electrons. The van der Waals surface area contributed by atoms with Crippen molar-refractivity contribution in [2.24, 2.45) is 0 Å². The molecule has 1 N–H and O–H groups in total. The van der Waals surface area contributed by atoms with E-state index in [-0.39, 0.29) is 5.82 Å². The molecular weight excluding hydrogens is 307 g/mol. The molecule has 5 rings (SSSR count). The molecule has 0 saturated carbocycles. The highest BCUT2D eigenvalue weighted by molar-refractivity contribution is 6.00. The van der Waals surface area contributed by atoms with E-state index >= 15 is 0 Å². The zero-order chi connectivity index (χ0) is 16.1. The largest absolute Gasteiger partial charge is 0.381 e. The highest BCUT2D eigenvalue weighted by Crippen LogP contribution is 2.42. The van der Waals surface area contributed by atoms with Crippen LogP contribution < -0.4 is 5.43 Å². The second kappa shape index (κ2) is 5.36. The topological polar surface area (TPSA) is 50.3 Å². The molecule has 0 aromatic carbocycles. The summed E-state index contributed by atoms with van der Waals surface area (Å²) >= 11 is 0. The van der Waals surface area contributed by atoms with Crippen molar-refractivity contribution in [1.29, 1.82) is 0 Å². The van der Waals surface area contributed by atoms with E-state index < -0.39 is 0 Å². The molecule has 2 aliphatic carbocycles. The third-order valence-electron chi connectivity index (χ3n) is 5.06. The number of nitrogens with one attached hydrogen (secondary N) is 1. The maximum Gasteiger partial charge on any atom is 0.152 e. The highest BCUT2D eigenvalue weighted by Gasteiger charge is 2.29. The molecule has 0 amide bonds. The average molecular weight is 324 g/mol. The molecule has 0 bridgehead atoms. The highest BCUT2D eigenvalue weighted by atomic mass is 19.1. The van der Waals surface area contributed by atoms with Gasteiger partial charge in [-0.1, -0.05) is 6.07 Å². The summed E-state index contributed by atoms with van der Waals surface area (Å²) in [6.45, 7) is 2.40. The van der Waals surface area contributed by atoms with Crippen LogP contribution in [0.3, 0.4) is 0 Å². The van der Waals surface area contributed by atoms with Gasteiger partial charge in [0.05, 0.1) is 11.9 Å². The van der Waals surface area contributed by atoms with Gasteiger partial charge >= 0.3 is 0 Å². The van der Waals surface area contributed by atoms with E-state index in [4.69, 9.17) is 4.74 Å². The monoisotopic (exact) mass is 324 g/mol. The molecular formula is C18H17FN4O. The van der Waals surface area contributed by atoms with E-state index in [0.717, 1.165) is 49.4 Å². The van der Waals surface area contributed by atoms with Crippen LogP contribution in [0.4, 0.5) is 10.1 Å². The summed E-state index contributed by atoms with van der Waals surface area (Å²) in [5, 5.41) is 10.8. The lowest BCUT2D eigenvalue weighted by Gasteiger charge is -2.37. The first-order chi connectivity index (χ1) is 11.8. The third-order valence-corrected chi connectivity index (χ3v) is 5.06. The lowest BCUT2D eigenvalue weighted by molar-refractivity contribution is 0.0397. The molecule has 0 atom stereocenters. The Bertz CT molecular complexity index is 894. The number of aromatic nitrogens is 2. The summed E-state index contributed by atoms with van der Waals surface area (Å²) in [6, 6.07) is 8.35. The van der Waals surface area contributed by atoms with Crippen molar-refractivity contribution in [2.75, 3.05) is 18.6 Å². The molecule has 1 saturated heterocycles. The van der Waals surface area contributed by atoms with Crippen molar-refractivity contribution in [2.45, 2.75) is 25.4 Å². The molecule has 122 valence electrons. The molecule has 1 aromatic rings. The van der Waals surface area contributed by atoms with Crippen LogP contribution in [0.15, 0.2) is 30.5 Å². The minimum atomic E-state index is -0.334. The molecule has 0 unspecified atom stereocenters. The van der Waals surface area contributed by atoms with Crippen LogP contribution in [-0.4, -0.2) is 34.5 Å². The quantitative estimate of drug-likeness (QED) is 0.745. The Labute approximate surface area is 138 Å². The molecule has 1 aromatic heterocycles. The van der Waals surface area contributed by atoms with Crippen LogP contribution in [0.25, 0.3) is 22.0 Å². The zero-order valence-corrected chi connectivity index (χ0v) is 13.1. The second-order valence-corrected chi connectivity index (χ2v) is 6.43. The predicted octanol–water partition coefficient (Wildman–Crippen LogP) is 3.20. The molecule has 6 heteroatoms. The fourth-order valence-corrected chi connectivity index (χ4v) is 3.84. The molecule has 0 spiro atoms. The van der Waals surface area contributed by atoms with Crippen molar-refractivity contribution in [3.05, 3.63) is 41.8 Å². The number of rotatable bonds is 1. The van der Waals surface area contributed by atoms with E-state index in [1.807, 2.05) is 24.3 Å². The number of hydrogen-bond donors (Lipinski definition) is 1. The van der Waals surface area contributed by atoms with Crippen LogP contribution in [0.1, 0.15) is 18.4 Å². The fraction of sp³-hybridized carbons (Fsp3) is 0.333. The Balaban J connectivity index is 1.63. The predicted molar refractivity (Wildman–Crippen MR) is 89.1 cm³/mol. The van der Waals surface area contributed by atoms with E-state index in [9.17, 15) is 4.39 Å². The second-order valence-electron chi connectivity index (χ2n) is 6.43. The normalized spacial score (nSPS) is 18.9. The SMILES string of the molecule is Fc1cnnc2c3ccc4c-3c(ccc12)CN(C1CCOCC1)N4. The van der Waals surface area contributed by atoms with Crippen LogP contribution >= 0.6 is 0 Å². The Kier molecular flexibility index (Phi) is 3.14. The molecule has 3 heterocycles. The van der Waals surface area contributed by atoms with Gasteiger partial charge in [0, 0.05) is 42.3 Å². The van der Waals surface area contributed by atoms with Gasteiger partial charge in [-0.2, -0.15) is 5.10 Å². The Morgan fingerprint density at radius 1 is 1.17 bits per heavy atom. The zero-order valence-electron chi connectivity index (χ0n) is 13.1. The van der Waals surface area contributed by atoms with E-state index in [1.54, 1.807) is 0 Å². The van der Waals surface area contributed by atoms with E-state index in [1.165, 1.54) is 11.8 Å². The van der Waals surface area contributed by atoms with Gasteiger partial charge in [-0.25, -0.2) is 9.40 Å². The van der Waals surface area contributed by atoms with Gasteiger partial charge in [0.1, 0.15) is 5.52 Å². The van der Waals surface area contributed by atoms with Crippen LogP contribution in [0.5, 0.6) is 0 Å². The lowest BCUT2D eigenvalue weighted by Crippen LogP contribution is -2.44. The van der Waals surface area contributed by atoms with Gasteiger partial charge in [0.15, 0.2) is 5.82 Å². The van der Waals surface area contributed by atoms with Gasteiger partial charge < -0.3 is 10.2 Å². The summed E-state index contributed by atoms with van der Waals surface area (Å²) in [5.74, 6) is -0.334. The van der Waals surface area contributed by atoms with Crippen molar-refractivity contribution < 1.29 is 9.13 Å². The Morgan fingerprint density at radius 2 is 2.04 bits per heavy atom. The standard InChI is InChI=1S/C18H17FN4O/c19-15-9-20-21-18-13(15)2-1-11-10-23(12-5-7-24-8-6-12)22-16-4-3-14(18)17(11)16/h1-4,9,12,22H,5-8,10H2. The summed E-state index contributed by atoms with van der Waals surface area (Å²) in [7, 11) is 0. The maximum absolute atomic E-state index is 14.2. The third kappa shape index (κ3) is 2.07. The lowest BCUT2D eigenvalue weighted by atomic mass is 10.0. The smallest absolute Gasteiger partial charge is 0.152 e. The van der Waals surface area contributed by atoms with Crippen LogP contribution in [0.2, 0.25) is 0 Å². The first kappa shape index (κ1) is 14.1. The van der Waals surface area contributed by atoms with Crippen molar-refractivity contribution in [1.82, 2.24) is 15.2 Å². The maximum atomic E-state index is 14.2. The molecule has 4 aliphatic rings. The van der Waals surface area contributed by atoms with E-state index in [0.29, 0.717) is 16.9 Å². The average Bonchev–Trinajstić information content (AvgIpc) is 2.97. The minimum Gasteiger partial charge on any atom is -0.381 e. The van der Waals surface area contributed by atoms with Gasteiger partial charge in [-0.15, -0.1) is 5.10 Å². The molecule has 2 aliphatic heterocycles. The number of hydrogen-bond acceptors (Lipinski definition) is 5. The Morgan fingerprint density at radius 3 is 2.92 bits per heavy atom. The summed E-state index contributed by atoms with van der Waals surface area (Å²) in [4.78, 5) is 0. The van der Waals surface area contributed by atoms with Crippen molar-refractivity contribution in [3.63, 3.8) is 0 Å². The fourth-order valence-electron chi connectivity index (χ4n) is 3.84. The van der Waals surface area contributed by atoms with Crippen LogP contribution in [0, 0.1) is 5.82 Å². The van der Waals surface area contributed by atoms with Gasteiger partial charge in [-0.3, -0.25) is 0 Å².